The third kappa shape index (κ3) is 3.82. The van der Waals surface area contributed by atoms with Crippen molar-refractivity contribution in [1.82, 2.24) is 10.6 Å². The second kappa shape index (κ2) is 8.64. The van der Waals surface area contributed by atoms with Crippen LogP contribution in [0.15, 0.2) is 66.0 Å². The van der Waals surface area contributed by atoms with Gasteiger partial charge in [-0.1, -0.05) is 36.4 Å². The maximum Gasteiger partial charge on any atom is 0.263 e. The van der Waals surface area contributed by atoms with Gasteiger partial charge in [-0.2, -0.15) is 0 Å². The molecule has 0 aromatic heterocycles. The van der Waals surface area contributed by atoms with E-state index in [1.807, 2.05) is 0 Å². The van der Waals surface area contributed by atoms with Crippen molar-refractivity contribution in [1.29, 1.82) is 0 Å². The van der Waals surface area contributed by atoms with Crippen molar-refractivity contribution in [2.24, 2.45) is 0 Å². The van der Waals surface area contributed by atoms with E-state index in [1.54, 1.807) is 17.5 Å². The molecule has 0 bridgehead atoms. The molecule has 2 amide bonds. The molecule has 9 heteroatoms. The Hall–Kier alpha value is -3.88. The molecule has 5 nitrogen and oxygen atoms in total. The van der Waals surface area contributed by atoms with Gasteiger partial charge in [0.1, 0.15) is 11.3 Å². The normalized spacial score (nSPS) is 14.2. The third-order valence-corrected chi connectivity index (χ3v) is 4.22. The van der Waals surface area contributed by atoms with E-state index in [4.69, 9.17) is 0 Å². The van der Waals surface area contributed by atoms with Gasteiger partial charge in [-0.3, -0.25) is 9.59 Å². The molecule has 0 radical (unpaired) electrons. The first kappa shape index (κ1) is 20.8. The summed E-state index contributed by atoms with van der Waals surface area (Å²) in [6.07, 6.45) is 5.88. The second-order valence-corrected chi connectivity index (χ2v) is 6.06. The average molecular weight is 417 g/mol. The van der Waals surface area contributed by atoms with E-state index in [9.17, 15) is 27.2 Å². The molecule has 2 aromatic rings. The van der Waals surface area contributed by atoms with Gasteiger partial charge in [0.2, 0.25) is 0 Å². The summed E-state index contributed by atoms with van der Waals surface area (Å²) in [6.45, 7) is 0. The largest absolute Gasteiger partial charge is 0.361 e. The number of hydrogen-bond acceptors (Lipinski definition) is 3. The van der Waals surface area contributed by atoms with Crippen molar-refractivity contribution < 1.29 is 27.2 Å². The zero-order valence-corrected chi connectivity index (χ0v) is 15.5. The second-order valence-electron chi connectivity index (χ2n) is 6.06. The molecular formula is C21H15F4N3O2. The first-order chi connectivity index (χ1) is 14.4. The van der Waals surface area contributed by atoms with Crippen LogP contribution in [0, 0.1) is 23.3 Å². The van der Waals surface area contributed by atoms with Crippen LogP contribution in [-0.2, 0) is 9.59 Å². The predicted octanol–water partition coefficient (Wildman–Crippen LogP) is 3.52. The van der Waals surface area contributed by atoms with Gasteiger partial charge in [-0.05, 0) is 17.7 Å². The number of anilines is 1. The fourth-order valence-electron chi connectivity index (χ4n) is 2.80. The number of hydrogen-bond donors (Lipinski definition) is 3. The third-order valence-electron chi connectivity index (χ3n) is 4.22. The van der Waals surface area contributed by atoms with Gasteiger partial charge in [0, 0.05) is 13.2 Å². The van der Waals surface area contributed by atoms with Gasteiger partial charge >= 0.3 is 0 Å². The standard InChI is InChI=1S/C21H15F4N3O2/c1-26-20(29)14(12-9-5-6-10-27-12)21(30)28-19-17(24)15(22)13(16(23)18(19)25)11-7-3-2-4-8-11/h2-10,27H,1H3,(H,26,29)(H,28,30)/b14-12+. The first-order valence-corrected chi connectivity index (χ1v) is 8.65. The van der Waals surface area contributed by atoms with E-state index in [1.165, 1.54) is 49.7 Å². The van der Waals surface area contributed by atoms with Gasteiger partial charge in [0.05, 0.1) is 11.3 Å². The monoisotopic (exact) mass is 417 g/mol. The van der Waals surface area contributed by atoms with Crippen LogP contribution in [-0.4, -0.2) is 18.9 Å². The molecule has 0 aliphatic carbocycles. The smallest absolute Gasteiger partial charge is 0.263 e. The summed E-state index contributed by atoms with van der Waals surface area (Å²) < 4.78 is 58.3. The zero-order valence-electron chi connectivity index (χ0n) is 15.5. The van der Waals surface area contributed by atoms with Crippen molar-refractivity contribution in [3.05, 3.63) is 89.3 Å². The number of carbonyl (C=O) groups excluding carboxylic acids is 2. The van der Waals surface area contributed by atoms with Crippen LogP contribution >= 0.6 is 0 Å². The highest BCUT2D eigenvalue weighted by Crippen LogP contribution is 2.34. The number of allylic oxidation sites excluding steroid dienone is 3. The number of halogens is 4. The summed E-state index contributed by atoms with van der Waals surface area (Å²) >= 11 is 0. The fourth-order valence-corrected chi connectivity index (χ4v) is 2.80. The molecule has 0 spiro atoms. The summed E-state index contributed by atoms with van der Waals surface area (Å²) in [4.78, 5) is 24.7. The first-order valence-electron chi connectivity index (χ1n) is 8.65. The Labute approximate surface area is 168 Å². The number of nitrogens with one attached hydrogen (secondary N) is 3. The number of rotatable bonds is 4. The highest BCUT2D eigenvalue weighted by molar-refractivity contribution is 6.23. The molecule has 1 aliphatic heterocycles. The molecular weight excluding hydrogens is 402 g/mol. The van der Waals surface area contributed by atoms with Crippen LogP contribution in [0.2, 0.25) is 0 Å². The van der Waals surface area contributed by atoms with Crippen molar-refractivity contribution in [3.63, 3.8) is 0 Å². The lowest BCUT2D eigenvalue weighted by Crippen LogP contribution is -2.32. The van der Waals surface area contributed by atoms with Crippen LogP contribution < -0.4 is 16.0 Å². The van der Waals surface area contributed by atoms with Crippen LogP contribution in [0.25, 0.3) is 11.1 Å². The van der Waals surface area contributed by atoms with Gasteiger partial charge in [-0.15, -0.1) is 0 Å². The summed E-state index contributed by atoms with van der Waals surface area (Å²) in [6, 6.07) is 7.02. The fraction of sp³-hybridized carbons (Fsp3) is 0.0476. The molecule has 154 valence electrons. The lowest BCUT2D eigenvalue weighted by molar-refractivity contribution is -0.121. The molecule has 30 heavy (non-hydrogen) atoms. The quantitative estimate of drug-likeness (QED) is 0.234. The van der Waals surface area contributed by atoms with E-state index < -0.39 is 51.9 Å². The van der Waals surface area contributed by atoms with Crippen LogP contribution in [0.3, 0.4) is 0 Å². The Morgan fingerprint density at radius 1 is 0.867 bits per heavy atom. The molecule has 3 rings (SSSR count). The minimum absolute atomic E-state index is 0.0250. The number of amides is 2. The highest BCUT2D eigenvalue weighted by Gasteiger charge is 2.30. The summed E-state index contributed by atoms with van der Waals surface area (Å²) in [5, 5.41) is 6.62. The summed E-state index contributed by atoms with van der Waals surface area (Å²) in [7, 11) is 1.24. The van der Waals surface area contributed by atoms with Gasteiger partial charge in [0.25, 0.3) is 11.8 Å². The maximum atomic E-state index is 14.6. The van der Waals surface area contributed by atoms with E-state index in [0.29, 0.717) is 0 Å². The molecule has 0 saturated heterocycles. The van der Waals surface area contributed by atoms with E-state index in [2.05, 4.69) is 10.6 Å². The van der Waals surface area contributed by atoms with Crippen molar-refractivity contribution >= 4 is 17.5 Å². The van der Waals surface area contributed by atoms with Crippen LogP contribution in [0.5, 0.6) is 0 Å². The average Bonchev–Trinajstić information content (AvgIpc) is 2.77. The number of carbonyl (C=O) groups is 2. The van der Waals surface area contributed by atoms with Crippen molar-refractivity contribution in [3.8, 4) is 11.1 Å². The van der Waals surface area contributed by atoms with Gasteiger partial charge < -0.3 is 16.0 Å². The Kier molecular flexibility index (Phi) is 6.01. The molecule has 0 unspecified atom stereocenters. The lowest BCUT2D eigenvalue weighted by Gasteiger charge is -2.16. The number of dihydropyridines is 1. The van der Waals surface area contributed by atoms with Crippen LogP contribution in [0.4, 0.5) is 23.2 Å². The molecule has 0 fully saturated rings. The van der Waals surface area contributed by atoms with E-state index in [0.717, 1.165) is 0 Å². The SMILES string of the molecule is CNC(=O)/C(C(=O)Nc1c(F)c(F)c(-c2ccccc2)c(F)c1F)=C1/C=CC=CN1. The molecule has 1 aliphatic rings. The van der Waals surface area contributed by atoms with Gasteiger partial charge in [0.15, 0.2) is 23.3 Å². The molecule has 0 saturated carbocycles. The minimum Gasteiger partial charge on any atom is -0.361 e. The Morgan fingerprint density at radius 3 is 2.03 bits per heavy atom. The van der Waals surface area contributed by atoms with Crippen molar-refractivity contribution in [2.75, 3.05) is 12.4 Å². The van der Waals surface area contributed by atoms with Crippen molar-refractivity contribution in [2.45, 2.75) is 0 Å². The van der Waals surface area contributed by atoms with Crippen LogP contribution in [0.1, 0.15) is 0 Å². The Morgan fingerprint density at radius 2 is 1.50 bits per heavy atom. The highest BCUT2D eigenvalue weighted by atomic mass is 19.2. The molecule has 2 aromatic carbocycles. The molecule has 0 atom stereocenters. The minimum atomic E-state index is -1.80. The summed E-state index contributed by atoms with van der Waals surface area (Å²) in [5.41, 5.74) is -2.84. The molecule has 1 heterocycles. The van der Waals surface area contributed by atoms with E-state index >= 15 is 0 Å². The van der Waals surface area contributed by atoms with Gasteiger partial charge in [-0.25, -0.2) is 17.6 Å². The Bertz CT molecular complexity index is 1080. The van der Waals surface area contributed by atoms with E-state index in [-0.39, 0.29) is 11.3 Å². The number of benzene rings is 2. The lowest BCUT2D eigenvalue weighted by atomic mass is 10.0. The Balaban J connectivity index is 2.06. The topological polar surface area (TPSA) is 70.2 Å². The maximum absolute atomic E-state index is 14.6. The molecule has 3 N–H and O–H groups in total. The predicted molar refractivity (Wildman–Crippen MR) is 103 cm³/mol. The zero-order chi connectivity index (χ0) is 21.8. The summed E-state index contributed by atoms with van der Waals surface area (Å²) in [5.74, 6) is -9.09. The number of likely N-dealkylation sites (N-methyl/N-ethyl adjacent to an activating group) is 1.